The Balaban J connectivity index is 1.87. The molecule has 0 aliphatic heterocycles. The Labute approximate surface area is 226 Å². The molecule has 2 atom stereocenters. The van der Waals surface area contributed by atoms with Gasteiger partial charge in [-0.05, 0) is 27.4 Å². The molecule has 200 valence electrons. The summed E-state index contributed by atoms with van der Waals surface area (Å²) in [5, 5.41) is 13.7. The second-order valence-electron chi connectivity index (χ2n) is 11.1. The van der Waals surface area contributed by atoms with Crippen LogP contribution in [0.4, 0.5) is 0 Å². The summed E-state index contributed by atoms with van der Waals surface area (Å²) in [6.07, 6.45) is 5.61. The van der Waals surface area contributed by atoms with Crippen LogP contribution in [0.2, 0.25) is 5.04 Å². The van der Waals surface area contributed by atoms with Gasteiger partial charge in [-0.25, -0.2) is 0 Å². The summed E-state index contributed by atoms with van der Waals surface area (Å²) in [7, 11) is -2.71. The van der Waals surface area contributed by atoms with Gasteiger partial charge in [-0.2, -0.15) is 0 Å². The molecule has 0 bridgehead atoms. The zero-order valence-electron chi connectivity index (χ0n) is 23.2. The van der Waals surface area contributed by atoms with Crippen LogP contribution in [-0.4, -0.2) is 32.2 Å². The van der Waals surface area contributed by atoms with Crippen LogP contribution >= 0.6 is 0 Å². The highest BCUT2D eigenvalue weighted by Crippen LogP contribution is 2.37. The molecule has 0 heterocycles. The first-order valence-corrected chi connectivity index (χ1v) is 15.9. The van der Waals surface area contributed by atoms with Gasteiger partial charge in [0.25, 0.3) is 8.32 Å². The molecule has 0 amide bonds. The Bertz CT molecular complexity index is 963. The van der Waals surface area contributed by atoms with Crippen molar-refractivity contribution in [3.8, 4) is 0 Å². The molecule has 0 aliphatic carbocycles. The highest BCUT2D eigenvalue weighted by molar-refractivity contribution is 6.99. The molecule has 0 fully saturated rings. The molecule has 37 heavy (non-hydrogen) atoms. The van der Waals surface area contributed by atoms with E-state index in [1.165, 1.54) is 29.6 Å². The van der Waals surface area contributed by atoms with Gasteiger partial charge in [-0.3, -0.25) is 0 Å². The van der Waals surface area contributed by atoms with E-state index in [-0.39, 0.29) is 5.04 Å². The van der Waals surface area contributed by atoms with Gasteiger partial charge in [-0.1, -0.05) is 151 Å². The molecule has 0 radical (unpaired) electrons. The first-order valence-electron chi connectivity index (χ1n) is 14.0. The van der Waals surface area contributed by atoms with Gasteiger partial charge in [0.2, 0.25) is 0 Å². The number of rotatable bonds is 15. The lowest BCUT2D eigenvalue weighted by Gasteiger charge is -2.44. The fourth-order valence-electron chi connectivity index (χ4n) is 5.16. The fourth-order valence-corrected chi connectivity index (χ4v) is 9.73. The highest BCUT2D eigenvalue weighted by Gasteiger charge is 2.50. The summed E-state index contributed by atoms with van der Waals surface area (Å²) in [5.74, 6) is 0. The van der Waals surface area contributed by atoms with Crippen LogP contribution in [0.3, 0.4) is 0 Å². The number of unbranched alkanes of at least 4 members (excludes halogenated alkanes) is 4. The summed E-state index contributed by atoms with van der Waals surface area (Å²) in [4.78, 5) is 0. The second-order valence-corrected chi connectivity index (χ2v) is 15.4. The molecule has 0 saturated carbocycles. The average Bonchev–Trinajstić information content (AvgIpc) is 2.91. The quantitative estimate of drug-likeness (QED) is 0.176. The molecular formula is C33H46O3Si. The number of hydrogen-bond acceptors (Lipinski definition) is 3. The van der Waals surface area contributed by atoms with Crippen molar-refractivity contribution in [2.75, 3.05) is 6.61 Å². The van der Waals surface area contributed by atoms with Gasteiger partial charge >= 0.3 is 0 Å². The van der Waals surface area contributed by atoms with Gasteiger partial charge in [-0.15, -0.1) is 0 Å². The van der Waals surface area contributed by atoms with E-state index >= 15 is 0 Å². The third-order valence-electron chi connectivity index (χ3n) is 7.22. The van der Waals surface area contributed by atoms with Gasteiger partial charge < -0.3 is 14.3 Å². The molecular weight excluding hydrogens is 472 g/mol. The number of benzene rings is 3. The number of hydrogen-bond donors (Lipinski definition) is 1. The van der Waals surface area contributed by atoms with Crippen molar-refractivity contribution in [1.29, 1.82) is 0 Å². The predicted molar refractivity (Wildman–Crippen MR) is 158 cm³/mol. The summed E-state index contributed by atoms with van der Waals surface area (Å²) in [6.45, 7) is 9.89. The van der Waals surface area contributed by atoms with E-state index in [0.717, 1.165) is 24.8 Å². The number of aliphatic hydroxyl groups is 1. The van der Waals surface area contributed by atoms with E-state index < -0.39 is 20.5 Å². The van der Waals surface area contributed by atoms with E-state index in [1.54, 1.807) is 0 Å². The van der Waals surface area contributed by atoms with E-state index in [9.17, 15) is 5.11 Å². The monoisotopic (exact) mass is 518 g/mol. The van der Waals surface area contributed by atoms with Crippen LogP contribution in [0.1, 0.15) is 71.8 Å². The molecule has 0 aliphatic rings. The van der Waals surface area contributed by atoms with Crippen molar-refractivity contribution in [3.63, 3.8) is 0 Å². The van der Waals surface area contributed by atoms with Gasteiger partial charge in [0.15, 0.2) is 0 Å². The average molecular weight is 519 g/mol. The lowest BCUT2D eigenvalue weighted by molar-refractivity contribution is -0.0704. The molecule has 3 aromatic carbocycles. The van der Waals surface area contributed by atoms with Gasteiger partial charge in [0.05, 0.1) is 19.3 Å². The minimum atomic E-state index is -2.71. The Hall–Kier alpha value is -2.24. The van der Waals surface area contributed by atoms with Crippen LogP contribution in [0, 0.1) is 0 Å². The summed E-state index contributed by atoms with van der Waals surface area (Å²) in [6, 6.07) is 31.5. The van der Waals surface area contributed by atoms with Crippen molar-refractivity contribution in [3.05, 3.63) is 96.6 Å². The predicted octanol–water partition coefficient (Wildman–Crippen LogP) is 6.87. The first kappa shape index (κ1) is 29.3. The molecule has 4 heteroatoms. The van der Waals surface area contributed by atoms with E-state index in [0.29, 0.717) is 13.2 Å². The summed E-state index contributed by atoms with van der Waals surface area (Å²) < 4.78 is 13.5. The fraction of sp³-hybridized carbons (Fsp3) is 0.455. The Morgan fingerprint density at radius 3 is 1.76 bits per heavy atom. The Morgan fingerprint density at radius 2 is 1.24 bits per heavy atom. The van der Waals surface area contributed by atoms with Crippen LogP contribution in [-0.2, 0) is 15.8 Å². The van der Waals surface area contributed by atoms with E-state index in [4.69, 9.17) is 9.16 Å². The number of aliphatic hydroxyl groups excluding tert-OH is 1. The molecule has 3 nitrogen and oxygen atoms in total. The van der Waals surface area contributed by atoms with Crippen LogP contribution in [0.5, 0.6) is 0 Å². The topological polar surface area (TPSA) is 38.7 Å². The SMILES string of the molecule is CCCCCCC[C@H](O)[C@H](CO[Si](c1ccccc1)(c1ccccc1)C(C)(C)C)OCc1ccccc1. The molecule has 3 rings (SSSR count). The van der Waals surface area contributed by atoms with E-state index in [2.05, 4.69) is 100 Å². The van der Waals surface area contributed by atoms with Crippen molar-refractivity contribution in [1.82, 2.24) is 0 Å². The molecule has 3 aromatic rings. The van der Waals surface area contributed by atoms with Gasteiger partial charge in [0.1, 0.15) is 6.10 Å². The normalized spacial score (nSPS) is 13.9. The lowest BCUT2D eigenvalue weighted by Crippen LogP contribution is -2.67. The third-order valence-corrected chi connectivity index (χ3v) is 12.2. The summed E-state index contributed by atoms with van der Waals surface area (Å²) in [5.41, 5.74) is 1.10. The van der Waals surface area contributed by atoms with Crippen molar-refractivity contribution < 1.29 is 14.3 Å². The maximum absolute atomic E-state index is 11.3. The molecule has 1 N–H and O–H groups in total. The minimum absolute atomic E-state index is 0.120. The standard InChI is InChI=1S/C33H46O3Si/c1-5-6-7-8-18-25-31(34)32(35-26-28-19-12-9-13-20-28)27-36-37(33(2,3)4,29-21-14-10-15-22-29)30-23-16-11-17-24-30/h9-17,19-24,31-32,34H,5-8,18,25-27H2,1-4H3/t31-,32-/m0/s1. The van der Waals surface area contributed by atoms with Crippen molar-refractivity contribution in [2.45, 2.75) is 90.1 Å². The smallest absolute Gasteiger partial charge is 0.261 e. The lowest BCUT2D eigenvalue weighted by atomic mass is 10.0. The zero-order valence-corrected chi connectivity index (χ0v) is 24.2. The largest absolute Gasteiger partial charge is 0.405 e. The Kier molecular flexibility index (Phi) is 11.6. The summed E-state index contributed by atoms with van der Waals surface area (Å²) >= 11 is 0. The van der Waals surface area contributed by atoms with Crippen molar-refractivity contribution in [2.24, 2.45) is 0 Å². The van der Waals surface area contributed by atoms with E-state index in [1.807, 2.05) is 18.2 Å². The third kappa shape index (κ3) is 8.12. The highest BCUT2D eigenvalue weighted by atomic mass is 28.4. The maximum atomic E-state index is 11.3. The Morgan fingerprint density at radius 1 is 0.730 bits per heavy atom. The second kappa shape index (κ2) is 14.6. The van der Waals surface area contributed by atoms with Crippen LogP contribution in [0.15, 0.2) is 91.0 Å². The van der Waals surface area contributed by atoms with Gasteiger partial charge in [0, 0.05) is 0 Å². The minimum Gasteiger partial charge on any atom is -0.405 e. The number of ether oxygens (including phenoxy) is 1. The molecule has 0 spiro atoms. The maximum Gasteiger partial charge on any atom is 0.261 e. The first-order chi connectivity index (χ1) is 17.9. The zero-order chi connectivity index (χ0) is 26.6. The van der Waals surface area contributed by atoms with Crippen molar-refractivity contribution >= 4 is 18.7 Å². The van der Waals surface area contributed by atoms with Crippen LogP contribution in [0.25, 0.3) is 0 Å². The molecule has 0 aromatic heterocycles. The molecule has 0 unspecified atom stereocenters. The van der Waals surface area contributed by atoms with Crippen LogP contribution < -0.4 is 10.4 Å². The molecule has 0 saturated heterocycles.